The van der Waals surface area contributed by atoms with Crippen LogP contribution in [-0.4, -0.2) is 37.2 Å². The summed E-state index contributed by atoms with van der Waals surface area (Å²) in [5.74, 6) is 1.04. The third kappa shape index (κ3) is 3.86. The highest BCUT2D eigenvalue weighted by molar-refractivity contribution is 5.74. The van der Waals surface area contributed by atoms with E-state index in [0.717, 1.165) is 31.6 Å². The van der Waals surface area contributed by atoms with Gasteiger partial charge in [0.1, 0.15) is 0 Å². The summed E-state index contributed by atoms with van der Waals surface area (Å²) in [4.78, 5) is 40.7. The molecule has 0 aromatic carbocycles. The molecule has 158 valence electrons. The summed E-state index contributed by atoms with van der Waals surface area (Å²) in [5.41, 5.74) is 1.08. The Labute approximate surface area is 175 Å². The molecule has 0 spiro atoms. The zero-order valence-electron chi connectivity index (χ0n) is 18.0. The van der Waals surface area contributed by atoms with E-state index in [1.807, 2.05) is 0 Å². The maximum Gasteiger partial charge on any atom is 0.264 e. The molecule has 8 heteroatoms. The predicted molar refractivity (Wildman–Crippen MR) is 117 cm³/mol. The molecule has 0 bridgehead atoms. The summed E-state index contributed by atoms with van der Waals surface area (Å²) in [6.07, 6.45) is 5.17. The molecule has 4 heterocycles. The van der Waals surface area contributed by atoms with Crippen molar-refractivity contribution in [1.82, 2.24) is 24.1 Å². The second kappa shape index (κ2) is 7.66. The number of piperidine rings is 1. The zero-order valence-corrected chi connectivity index (χ0v) is 18.0. The smallest absolute Gasteiger partial charge is 0.264 e. The van der Waals surface area contributed by atoms with Crippen LogP contribution in [0.3, 0.4) is 0 Å². The molecule has 4 rings (SSSR count). The first-order chi connectivity index (χ1) is 14.2. The average Bonchev–Trinajstić information content (AvgIpc) is 2.72. The summed E-state index contributed by atoms with van der Waals surface area (Å²) < 4.78 is 3.31. The van der Waals surface area contributed by atoms with Crippen molar-refractivity contribution in [3.8, 4) is 0 Å². The highest BCUT2D eigenvalue weighted by atomic mass is 16.1. The summed E-state index contributed by atoms with van der Waals surface area (Å²) in [5, 5.41) is 0.532. The molecule has 0 amide bonds. The molecule has 0 radical (unpaired) electrons. The molecule has 30 heavy (non-hydrogen) atoms. The summed E-state index contributed by atoms with van der Waals surface area (Å²) in [6, 6.07) is 5.16. The topological polar surface area (TPSA) is 85.9 Å². The highest BCUT2D eigenvalue weighted by Gasteiger charge is 2.24. The standard InChI is InChI=1S/C22H28N6O2/c1-22(2,3)17-12-18(29)28(14-24-17)13-15-7-10-27(11-8-15)21-25-19-16(6-5-9-23-19)20(30)26(21)4/h5-6,9,12,14-15H,7-8,10-11,13H2,1-4H3. The van der Waals surface area contributed by atoms with Crippen LogP contribution in [0.5, 0.6) is 0 Å². The van der Waals surface area contributed by atoms with Gasteiger partial charge in [0, 0.05) is 44.4 Å². The second-order valence-electron chi connectivity index (χ2n) is 9.10. The number of anilines is 1. The lowest BCUT2D eigenvalue weighted by atomic mass is 9.92. The molecular formula is C22H28N6O2. The van der Waals surface area contributed by atoms with E-state index in [9.17, 15) is 9.59 Å². The van der Waals surface area contributed by atoms with Gasteiger partial charge < -0.3 is 4.90 Å². The van der Waals surface area contributed by atoms with Crippen LogP contribution < -0.4 is 16.0 Å². The van der Waals surface area contributed by atoms with E-state index in [-0.39, 0.29) is 16.5 Å². The van der Waals surface area contributed by atoms with Crippen molar-refractivity contribution in [3.05, 3.63) is 57.1 Å². The Balaban J connectivity index is 1.47. The highest BCUT2D eigenvalue weighted by Crippen LogP contribution is 2.23. The van der Waals surface area contributed by atoms with Crippen LogP contribution >= 0.6 is 0 Å². The molecule has 0 saturated carbocycles. The molecule has 1 aliphatic rings. The van der Waals surface area contributed by atoms with Gasteiger partial charge in [0.15, 0.2) is 5.65 Å². The average molecular weight is 409 g/mol. The van der Waals surface area contributed by atoms with Crippen LogP contribution in [0.2, 0.25) is 0 Å². The van der Waals surface area contributed by atoms with Gasteiger partial charge in [-0.2, -0.15) is 4.98 Å². The molecule has 0 N–H and O–H groups in total. The van der Waals surface area contributed by atoms with Crippen LogP contribution in [0, 0.1) is 5.92 Å². The predicted octanol–water partition coefficient (Wildman–Crippen LogP) is 2.10. The quantitative estimate of drug-likeness (QED) is 0.660. The fourth-order valence-corrected chi connectivity index (χ4v) is 3.94. The summed E-state index contributed by atoms with van der Waals surface area (Å²) in [7, 11) is 1.76. The third-order valence-electron chi connectivity index (χ3n) is 5.83. The van der Waals surface area contributed by atoms with E-state index in [0.29, 0.717) is 29.4 Å². The molecule has 0 unspecified atom stereocenters. The lowest BCUT2D eigenvalue weighted by molar-refractivity contribution is 0.347. The van der Waals surface area contributed by atoms with Crippen molar-refractivity contribution >= 4 is 17.0 Å². The van der Waals surface area contributed by atoms with Crippen LogP contribution in [0.25, 0.3) is 11.0 Å². The molecule has 1 fully saturated rings. The number of hydrogen-bond acceptors (Lipinski definition) is 6. The number of rotatable bonds is 3. The van der Waals surface area contributed by atoms with Crippen molar-refractivity contribution in [3.63, 3.8) is 0 Å². The molecular weight excluding hydrogens is 380 g/mol. The fourth-order valence-electron chi connectivity index (χ4n) is 3.94. The molecule has 1 saturated heterocycles. The zero-order chi connectivity index (χ0) is 21.5. The van der Waals surface area contributed by atoms with Crippen molar-refractivity contribution in [2.75, 3.05) is 18.0 Å². The van der Waals surface area contributed by atoms with Crippen molar-refractivity contribution in [2.45, 2.75) is 45.6 Å². The van der Waals surface area contributed by atoms with E-state index in [1.54, 1.807) is 46.9 Å². The number of aromatic nitrogens is 5. The van der Waals surface area contributed by atoms with E-state index < -0.39 is 0 Å². The van der Waals surface area contributed by atoms with E-state index >= 15 is 0 Å². The Morgan fingerprint density at radius 1 is 1.13 bits per heavy atom. The van der Waals surface area contributed by atoms with Crippen LogP contribution in [0.15, 0.2) is 40.3 Å². The lowest BCUT2D eigenvalue weighted by Crippen LogP contribution is -2.39. The SMILES string of the molecule is Cn1c(N2CCC(Cn3cnc(C(C)(C)C)cc3=O)CC2)nc2ncccc2c1=O. The van der Waals surface area contributed by atoms with Crippen LogP contribution in [0.4, 0.5) is 5.95 Å². The molecule has 0 atom stereocenters. The Bertz CT molecular complexity index is 1180. The van der Waals surface area contributed by atoms with Gasteiger partial charge in [0.2, 0.25) is 5.95 Å². The van der Waals surface area contributed by atoms with Crippen molar-refractivity contribution in [2.24, 2.45) is 13.0 Å². The molecule has 0 aliphatic carbocycles. The molecule has 3 aromatic rings. The minimum atomic E-state index is -0.138. The Morgan fingerprint density at radius 3 is 2.53 bits per heavy atom. The van der Waals surface area contributed by atoms with Gasteiger partial charge >= 0.3 is 0 Å². The maximum absolute atomic E-state index is 12.6. The number of fused-ring (bicyclic) bond motifs is 1. The van der Waals surface area contributed by atoms with Gasteiger partial charge in [0.05, 0.1) is 17.4 Å². The van der Waals surface area contributed by atoms with Crippen LogP contribution in [-0.2, 0) is 19.0 Å². The summed E-state index contributed by atoms with van der Waals surface area (Å²) in [6.45, 7) is 8.39. The van der Waals surface area contributed by atoms with Gasteiger partial charge in [-0.3, -0.25) is 18.7 Å². The Kier molecular flexibility index (Phi) is 5.17. The monoisotopic (exact) mass is 408 g/mol. The van der Waals surface area contributed by atoms with E-state index in [4.69, 9.17) is 0 Å². The van der Waals surface area contributed by atoms with Gasteiger partial charge in [0.25, 0.3) is 11.1 Å². The van der Waals surface area contributed by atoms with Crippen molar-refractivity contribution in [1.29, 1.82) is 0 Å². The Hall–Kier alpha value is -3.03. The van der Waals surface area contributed by atoms with Gasteiger partial charge in [-0.25, -0.2) is 9.97 Å². The summed E-state index contributed by atoms with van der Waals surface area (Å²) >= 11 is 0. The largest absolute Gasteiger partial charge is 0.342 e. The maximum atomic E-state index is 12.6. The number of nitrogens with zero attached hydrogens (tertiary/aromatic N) is 6. The first-order valence-electron chi connectivity index (χ1n) is 10.4. The first-order valence-corrected chi connectivity index (χ1v) is 10.4. The van der Waals surface area contributed by atoms with Crippen LogP contribution in [0.1, 0.15) is 39.3 Å². The molecule has 3 aromatic heterocycles. The van der Waals surface area contributed by atoms with E-state index in [1.165, 1.54) is 0 Å². The fraction of sp³-hybridized carbons (Fsp3) is 0.500. The first kappa shape index (κ1) is 20.3. The van der Waals surface area contributed by atoms with Crippen molar-refractivity contribution < 1.29 is 0 Å². The van der Waals surface area contributed by atoms with E-state index in [2.05, 4.69) is 40.6 Å². The van der Waals surface area contributed by atoms with Gasteiger partial charge in [-0.05, 0) is 30.9 Å². The third-order valence-corrected chi connectivity index (χ3v) is 5.83. The van der Waals surface area contributed by atoms with Gasteiger partial charge in [-0.15, -0.1) is 0 Å². The molecule has 8 nitrogen and oxygen atoms in total. The lowest BCUT2D eigenvalue weighted by Gasteiger charge is -2.33. The van der Waals surface area contributed by atoms with Gasteiger partial charge in [-0.1, -0.05) is 20.8 Å². The molecule has 1 aliphatic heterocycles. The Morgan fingerprint density at radius 2 is 1.87 bits per heavy atom. The number of pyridine rings is 1. The second-order valence-corrected chi connectivity index (χ2v) is 9.10. The minimum Gasteiger partial charge on any atom is -0.342 e. The number of hydrogen-bond donors (Lipinski definition) is 0. The normalized spacial score (nSPS) is 15.7. The minimum absolute atomic E-state index is 0.00187.